The molecule has 1 aromatic heterocycles. The summed E-state index contributed by atoms with van der Waals surface area (Å²) in [7, 11) is 0. The van der Waals surface area contributed by atoms with Crippen LogP contribution in [0.3, 0.4) is 0 Å². The van der Waals surface area contributed by atoms with Gasteiger partial charge in [-0.25, -0.2) is 4.98 Å². The van der Waals surface area contributed by atoms with Crippen LogP contribution in [-0.2, 0) is 11.2 Å². The number of morpholine rings is 1. The van der Waals surface area contributed by atoms with Crippen LogP contribution in [0.1, 0.15) is 26.5 Å². The second-order valence-corrected chi connectivity index (χ2v) is 6.02. The monoisotopic (exact) mass is 313 g/mol. The normalized spacial score (nSPS) is 14.6. The number of carbonyl (C=O) groups is 1. The number of ether oxygens (including phenoxy) is 1. The van der Waals surface area contributed by atoms with Gasteiger partial charge in [0.15, 0.2) is 11.4 Å². The molecule has 0 amide bonds. The van der Waals surface area contributed by atoms with Crippen LogP contribution in [0.15, 0.2) is 24.3 Å². The lowest BCUT2D eigenvalue weighted by Gasteiger charge is -2.26. The molecular formula is C16H15N3O2S. The topological polar surface area (TPSA) is 66.2 Å². The van der Waals surface area contributed by atoms with Crippen molar-refractivity contribution in [1.29, 1.82) is 5.26 Å². The van der Waals surface area contributed by atoms with Gasteiger partial charge in [-0.2, -0.15) is 5.26 Å². The van der Waals surface area contributed by atoms with Crippen molar-refractivity contribution in [3.05, 3.63) is 46.0 Å². The van der Waals surface area contributed by atoms with Crippen LogP contribution in [0.25, 0.3) is 0 Å². The van der Waals surface area contributed by atoms with Crippen LogP contribution in [0.2, 0.25) is 0 Å². The quantitative estimate of drug-likeness (QED) is 0.810. The van der Waals surface area contributed by atoms with Crippen molar-refractivity contribution in [3.8, 4) is 6.07 Å². The number of nitriles is 1. The summed E-state index contributed by atoms with van der Waals surface area (Å²) in [6.07, 6.45) is 1.47. The molecule has 22 heavy (non-hydrogen) atoms. The van der Waals surface area contributed by atoms with Gasteiger partial charge in [0.2, 0.25) is 0 Å². The Morgan fingerprint density at radius 1 is 1.32 bits per heavy atom. The predicted octanol–water partition coefficient (Wildman–Crippen LogP) is 2.25. The molecule has 1 aliphatic heterocycles. The van der Waals surface area contributed by atoms with Crippen molar-refractivity contribution in [2.75, 3.05) is 31.2 Å². The van der Waals surface area contributed by atoms with E-state index in [4.69, 9.17) is 10.00 Å². The molecule has 1 fully saturated rings. The fourth-order valence-electron chi connectivity index (χ4n) is 2.35. The number of hydrogen-bond donors (Lipinski definition) is 0. The van der Waals surface area contributed by atoms with Gasteiger partial charge in [-0.15, -0.1) is 0 Å². The molecular weight excluding hydrogens is 298 g/mol. The first kappa shape index (κ1) is 14.7. The number of aromatic nitrogens is 1. The Kier molecular flexibility index (Phi) is 4.47. The van der Waals surface area contributed by atoms with Crippen molar-refractivity contribution in [3.63, 3.8) is 0 Å². The number of rotatable bonds is 4. The van der Waals surface area contributed by atoms with Crippen LogP contribution in [0.4, 0.5) is 5.13 Å². The molecule has 0 unspecified atom stereocenters. The number of thiazole rings is 1. The van der Waals surface area contributed by atoms with Gasteiger partial charge in [-0.1, -0.05) is 23.5 Å². The van der Waals surface area contributed by atoms with Gasteiger partial charge < -0.3 is 9.64 Å². The number of carbonyl (C=O) groups excluding carboxylic acids is 1. The summed E-state index contributed by atoms with van der Waals surface area (Å²) in [6.45, 7) is 3.01. The molecule has 5 nitrogen and oxygen atoms in total. The molecule has 1 aliphatic rings. The van der Waals surface area contributed by atoms with Crippen LogP contribution in [-0.4, -0.2) is 37.6 Å². The maximum absolute atomic E-state index is 11.3. The van der Waals surface area contributed by atoms with Gasteiger partial charge in [0.05, 0.1) is 35.4 Å². The van der Waals surface area contributed by atoms with Crippen LogP contribution in [0.5, 0.6) is 0 Å². The first-order chi connectivity index (χ1) is 10.8. The molecule has 0 aliphatic carbocycles. The van der Waals surface area contributed by atoms with Gasteiger partial charge in [-0.05, 0) is 17.7 Å². The van der Waals surface area contributed by atoms with Gasteiger partial charge >= 0.3 is 0 Å². The Hall–Kier alpha value is -2.23. The van der Waals surface area contributed by atoms with E-state index in [9.17, 15) is 4.79 Å². The molecule has 0 bridgehead atoms. The Balaban J connectivity index is 1.81. The predicted molar refractivity (Wildman–Crippen MR) is 84.5 cm³/mol. The number of nitrogens with zero attached hydrogens (tertiary/aromatic N) is 3. The summed E-state index contributed by atoms with van der Waals surface area (Å²) in [5.74, 6) is 0. The molecule has 1 aromatic carbocycles. The van der Waals surface area contributed by atoms with Crippen molar-refractivity contribution >= 4 is 22.8 Å². The molecule has 0 spiro atoms. The minimum Gasteiger partial charge on any atom is -0.378 e. The number of benzene rings is 1. The van der Waals surface area contributed by atoms with E-state index in [1.54, 1.807) is 12.1 Å². The second kappa shape index (κ2) is 6.69. The average Bonchev–Trinajstić information content (AvgIpc) is 2.99. The van der Waals surface area contributed by atoms with Gasteiger partial charge in [0.1, 0.15) is 0 Å². The highest BCUT2D eigenvalue weighted by atomic mass is 32.1. The SMILES string of the molecule is N#Cc1ccc(Cc2nc(N3CCOCC3)sc2C=O)cc1. The number of hydrogen-bond acceptors (Lipinski definition) is 6. The van der Waals surface area contributed by atoms with Crippen LogP contribution in [0, 0.1) is 11.3 Å². The van der Waals surface area contributed by atoms with E-state index in [0.717, 1.165) is 35.8 Å². The zero-order valence-corrected chi connectivity index (χ0v) is 12.8. The van der Waals surface area contributed by atoms with Crippen molar-refractivity contribution < 1.29 is 9.53 Å². The third-order valence-corrected chi connectivity index (χ3v) is 4.64. The van der Waals surface area contributed by atoms with E-state index >= 15 is 0 Å². The molecule has 3 rings (SSSR count). The molecule has 112 valence electrons. The van der Waals surface area contributed by atoms with Gasteiger partial charge in [-0.3, -0.25) is 4.79 Å². The van der Waals surface area contributed by atoms with E-state index in [1.807, 2.05) is 12.1 Å². The molecule has 0 saturated carbocycles. The molecule has 0 N–H and O–H groups in total. The second-order valence-electron chi connectivity index (χ2n) is 5.01. The standard InChI is InChI=1S/C16H15N3O2S/c17-10-13-3-1-12(2-4-13)9-14-15(11-20)22-16(18-14)19-5-7-21-8-6-19/h1-4,11H,5-9H2. The third kappa shape index (κ3) is 3.16. The summed E-state index contributed by atoms with van der Waals surface area (Å²) < 4.78 is 5.34. The van der Waals surface area contributed by atoms with Crippen LogP contribution >= 0.6 is 11.3 Å². The van der Waals surface area contributed by atoms with Gasteiger partial charge in [0, 0.05) is 19.5 Å². The maximum atomic E-state index is 11.3. The molecule has 1 saturated heterocycles. The zero-order chi connectivity index (χ0) is 15.4. The van der Waals surface area contributed by atoms with E-state index in [1.165, 1.54) is 11.3 Å². The first-order valence-electron chi connectivity index (χ1n) is 7.07. The molecule has 6 heteroatoms. The lowest BCUT2D eigenvalue weighted by Crippen LogP contribution is -2.36. The lowest BCUT2D eigenvalue weighted by atomic mass is 10.1. The van der Waals surface area contributed by atoms with E-state index in [-0.39, 0.29) is 0 Å². The highest BCUT2D eigenvalue weighted by molar-refractivity contribution is 7.17. The average molecular weight is 313 g/mol. The maximum Gasteiger partial charge on any atom is 0.186 e. The number of anilines is 1. The Bertz CT molecular complexity index is 697. The number of aldehydes is 1. The fraction of sp³-hybridized carbons (Fsp3) is 0.312. The Morgan fingerprint density at radius 3 is 2.68 bits per heavy atom. The molecule has 0 atom stereocenters. The molecule has 2 aromatic rings. The minimum absolute atomic E-state index is 0.598. The largest absolute Gasteiger partial charge is 0.378 e. The van der Waals surface area contributed by atoms with Crippen molar-refractivity contribution in [2.24, 2.45) is 0 Å². The van der Waals surface area contributed by atoms with E-state index < -0.39 is 0 Å². The first-order valence-corrected chi connectivity index (χ1v) is 7.88. The fourth-order valence-corrected chi connectivity index (χ4v) is 3.30. The third-order valence-electron chi connectivity index (χ3n) is 3.56. The van der Waals surface area contributed by atoms with Crippen molar-refractivity contribution in [1.82, 2.24) is 4.98 Å². The summed E-state index contributed by atoms with van der Waals surface area (Å²) in [4.78, 5) is 18.8. The highest BCUT2D eigenvalue weighted by Gasteiger charge is 2.18. The van der Waals surface area contributed by atoms with E-state index in [2.05, 4.69) is 16.0 Å². The molecule has 2 heterocycles. The lowest BCUT2D eigenvalue weighted by molar-refractivity contribution is 0.112. The summed E-state index contributed by atoms with van der Waals surface area (Å²) in [6, 6.07) is 9.47. The summed E-state index contributed by atoms with van der Waals surface area (Å²) >= 11 is 1.43. The van der Waals surface area contributed by atoms with Crippen LogP contribution < -0.4 is 4.90 Å². The van der Waals surface area contributed by atoms with Gasteiger partial charge in [0.25, 0.3) is 0 Å². The summed E-state index contributed by atoms with van der Waals surface area (Å²) in [5, 5.41) is 9.71. The zero-order valence-electron chi connectivity index (χ0n) is 12.0. The molecule has 0 radical (unpaired) electrons. The van der Waals surface area contributed by atoms with E-state index in [0.29, 0.717) is 30.1 Å². The Labute approximate surface area is 132 Å². The summed E-state index contributed by atoms with van der Waals surface area (Å²) in [5.41, 5.74) is 2.47. The highest BCUT2D eigenvalue weighted by Crippen LogP contribution is 2.27. The van der Waals surface area contributed by atoms with Crippen molar-refractivity contribution in [2.45, 2.75) is 6.42 Å². The smallest absolute Gasteiger partial charge is 0.186 e. The Morgan fingerprint density at radius 2 is 2.05 bits per heavy atom. The minimum atomic E-state index is 0.598.